The average molecular weight is 452 g/mol. The SMILES string of the molecule is Cc1cc(C)c(-c2nc(C(=O)Nc3cnccc3N3C[C@H](C)C[C@H](N)C3)ccc2F)c(F)c1. The predicted octanol–water partition coefficient (Wildman–Crippen LogP) is 4.46. The van der Waals surface area contributed by atoms with Crippen molar-refractivity contribution < 1.29 is 13.6 Å². The Kier molecular flexibility index (Phi) is 6.37. The number of hydrogen-bond donors (Lipinski definition) is 2. The highest BCUT2D eigenvalue weighted by Gasteiger charge is 2.25. The molecule has 1 saturated heterocycles. The maximum Gasteiger partial charge on any atom is 0.274 e. The third kappa shape index (κ3) is 4.85. The number of amides is 1. The molecule has 1 aliphatic heterocycles. The fourth-order valence-electron chi connectivity index (χ4n) is 4.50. The second kappa shape index (κ2) is 9.23. The molecule has 1 fully saturated rings. The molecule has 3 N–H and O–H groups in total. The zero-order valence-electron chi connectivity index (χ0n) is 18.9. The van der Waals surface area contributed by atoms with Crippen LogP contribution in [0.2, 0.25) is 0 Å². The van der Waals surface area contributed by atoms with Gasteiger partial charge in [-0.25, -0.2) is 13.8 Å². The molecule has 3 aromatic rings. The molecule has 0 unspecified atom stereocenters. The van der Waals surface area contributed by atoms with Crippen LogP contribution in [0.3, 0.4) is 0 Å². The van der Waals surface area contributed by atoms with Gasteiger partial charge in [-0.3, -0.25) is 9.78 Å². The Balaban J connectivity index is 1.64. The van der Waals surface area contributed by atoms with Crippen LogP contribution in [0.5, 0.6) is 0 Å². The Bertz CT molecular complexity index is 1170. The number of benzene rings is 1. The van der Waals surface area contributed by atoms with Crippen LogP contribution in [0.25, 0.3) is 11.3 Å². The zero-order valence-corrected chi connectivity index (χ0v) is 18.9. The number of nitrogens with two attached hydrogens (primary N) is 1. The third-order valence-corrected chi connectivity index (χ3v) is 5.83. The van der Waals surface area contributed by atoms with E-state index in [0.29, 0.717) is 23.7 Å². The number of rotatable bonds is 4. The summed E-state index contributed by atoms with van der Waals surface area (Å²) in [5.74, 6) is -1.40. The molecular formula is C25H27F2N5O. The molecule has 8 heteroatoms. The Labute approximate surface area is 191 Å². The van der Waals surface area contributed by atoms with Crippen LogP contribution in [0.15, 0.2) is 42.7 Å². The number of pyridine rings is 2. The molecule has 2 aromatic heterocycles. The number of anilines is 2. The van der Waals surface area contributed by atoms with E-state index < -0.39 is 17.5 Å². The van der Waals surface area contributed by atoms with Crippen LogP contribution in [0.1, 0.15) is 35.0 Å². The van der Waals surface area contributed by atoms with Gasteiger partial charge in [-0.05, 0) is 61.6 Å². The molecule has 4 rings (SSSR count). The predicted molar refractivity (Wildman–Crippen MR) is 125 cm³/mol. The van der Waals surface area contributed by atoms with Crippen molar-refractivity contribution in [2.75, 3.05) is 23.3 Å². The first-order chi connectivity index (χ1) is 15.7. The number of carbonyl (C=O) groups excluding carboxylic acids is 1. The Morgan fingerprint density at radius 2 is 1.94 bits per heavy atom. The minimum absolute atomic E-state index is 0.0238. The summed E-state index contributed by atoms with van der Waals surface area (Å²) in [5, 5.41) is 2.83. The number of nitrogens with one attached hydrogen (secondary N) is 1. The van der Waals surface area contributed by atoms with Crippen molar-refractivity contribution in [1.82, 2.24) is 9.97 Å². The van der Waals surface area contributed by atoms with E-state index in [9.17, 15) is 13.6 Å². The Morgan fingerprint density at radius 1 is 1.15 bits per heavy atom. The van der Waals surface area contributed by atoms with Gasteiger partial charge in [-0.15, -0.1) is 0 Å². The maximum atomic E-state index is 14.6. The van der Waals surface area contributed by atoms with Crippen LogP contribution in [-0.4, -0.2) is 35.0 Å². The van der Waals surface area contributed by atoms with E-state index in [4.69, 9.17) is 5.73 Å². The molecule has 0 bridgehead atoms. The minimum atomic E-state index is -0.698. The first kappa shape index (κ1) is 22.8. The highest BCUT2D eigenvalue weighted by molar-refractivity contribution is 6.04. The normalized spacial score (nSPS) is 18.3. The number of aromatic nitrogens is 2. The van der Waals surface area contributed by atoms with Gasteiger partial charge < -0.3 is 16.0 Å². The number of piperidine rings is 1. The van der Waals surface area contributed by atoms with Crippen molar-refractivity contribution in [3.63, 3.8) is 0 Å². The van der Waals surface area contributed by atoms with E-state index >= 15 is 0 Å². The van der Waals surface area contributed by atoms with Gasteiger partial charge in [0.15, 0.2) is 0 Å². The summed E-state index contributed by atoms with van der Waals surface area (Å²) in [6, 6.07) is 7.35. The van der Waals surface area contributed by atoms with E-state index in [1.807, 2.05) is 6.07 Å². The molecule has 0 spiro atoms. The lowest BCUT2D eigenvalue weighted by atomic mass is 9.96. The van der Waals surface area contributed by atoms with Crippen LogP contribution in [0, 0.1) is 31.4 Å². The largest absolute Gasteiger partial charge is 0.368 e. The van der Waals surface area contributed by atoms with Crippen molar-refractivity contribution in [2.24, 2.45) is 11.7 Å². The van der Waals surface area contributed by atoms with Crippen LogP contribution in [0.4, 0.5) is 20.2 Å². The molecule has 0 aliphatic carbocycles. The van der Waals surface area contributed by atoms with Crippen LogP contribution >= 0.6 is 0 Å². The van der Waals surface area contributed by atoms with Crippen molar-refractivity contribution in [3.05, 3.63) is 71.2 Å². The summed E-state index contributed by atoms with van der Waals surface area (Å²) in [5.41, 5.74) is 8.60. The summed E-state index contributed by atoms with van der Waals surface area (Å²) in [7, 11) is 0. The van der Waals surface area contributed by atoms with Crippen molar-refractivity contribution >= 4 is 17.3 Å². The smallest absolute Gasteiger partial charge is 0.274 e. The number of carbonyl (C=O) groups is 1. The molecule has 2 atom stereocenters. The van der Waals surface area contributed by atoms with Crippen molar-refractivity contribution in [1.29, 1.82) is 0 Å². The first-order valence-corrected chi connectivity index (χ1v) is 10.9. The lowest BCUT2D eigenvalue weighted by Gasteiger charge is -2.37. The number of hydrogen-bond acceptors (Lipinski definition) is 5. The van der Waals surface area contributed by atoms with Crippen LogP contribution < -0.4 is 16.0 Å². The van der Waals surface area contributed by atoms with E-state index in [2.05, 4.69) is 27.1 Å². The standard InChI is InChI=1S/C25H27F2N5O/c1-14-8-16(3)23(19(27)10-14)24-18(26)4-5-20(30-24)25(33)31-21-11-29-7-6-22(21)32-12-15(2)9-17(28)13-32/h4-8,10-11,15,17H,9,12-13,28H2,1-3H3,(H,31,33)/t15-,17+/m1/s1. The summed E-state index contributed by atoms with van der Waals surface area (Å²) < 4.78 is 29.2. The lowest BCUT2D eigenvalue weighted by molar-refractivity contribution is 0.102. The van der Waals surface area contributed by atoms with E-state index in [0.717, 1.165) is 30.3 Å². The average Bonchev–Trinajstić information content (AvgIpc) is 2.74. The quantitative estimate of drug-likeness (QED) is 0.612. The summed E-state index contributed by atoms with van der Waals surface area (Å²) in [6.45, 7) is 7.07. The molecule has 6 nitrogen and oxygen atoms in total. The number of nitrogens with zero attached hydrogens (tertiary/aromatic N) is 3. The molecule has 33 heavy (non-hydrogen) atoms. The molecule has 1 amide bonds. The van der Waals surface area contributed by atoms with Gasteiger partial charge in [0.25, 0.3) is 5.91 Å². The maximum absolute atomic E-state index is 14.6. The second-order valence-electron chi connectivity index (χ2n) is 8.82. The highest BCUT2D eigenvalue weighted by Crippen LogP contribution is 2.31. The molecule has 3 heterocycles. The van der Waals surface area contributed by atoms with Crippen molar-refractivity contribution in [2.45, 2.75) is 33.2 Å². The van der Waals surface area contributed by atoms with Gasteiger partial charge in [-0.2, -0.15) is 0 Å². The monoisotopic (exact) mass is 451 g/mol. The Morgan fingerprint density at radius 3 is 2.67 bits per heavy atom. The number of aryl methyl sites for hydroxylation is 2. The molecule has 0 radical (unpaired) electrons. The highest BCUT2D eigenvalue weighted by atomic mass is 19.1. The van der Waals surface area contributed by atoms with Crippen LogP contribution in [-0.2, 0) is 0 Å². The first-order valence-electron chi connectivity index (χ1n) is 10.9. The fraction of sp³-hybridized carbons (Fsp3) is 0.320. The summed E-state index contributed by atoms with van der Waals surface area (Å²) in [6.07, 6.45) is 4.17. The zero-order chi connectivity index (χ0) is 23.7. The fourth-order valence-corrected chi connectivity index (χ4v) is 4.50. The summed E-state index contributed by atoms with van der Waals surface area (Å²) in [4.78, 5) is 23.5. The molecule has 172 valence electrons. The van der Waals surface area contributed by atoms with Gasteiger partial charge in [0.05, 0.1) is 17.6 Å². The minimum Gasteiger partial charge on any atom is -0.368 e. The van der Waals surface area contributed by atoms with Gasteiger partial charge in [0.1, 0.15) is 23.0 Å². The second-order valence-corrected chi connectivity index (χ2v) is 8.82. The molecule has 1 aromatic carbocycles. The Hall–Kier alpha value is -3.39. The number of halogens is 2. The van der Waals surface area contributed by atoms with Gasteiger partial charge in [-0.1, -0.05) is 13.0 Å². The lowest BCUT2D eigenvalue weighted by Crippen LogP contribution is -2.46. The van der Waals surface area contributed by atoms with E-state index in [-0.39, 0.29) is 23.0 Å². The van der Waals surface area contributed by atoms with Crippen molar-refractivity contribution in [3.8, 4) is 11.3 Å². The van der Waals surface area contributed by atoms with Gasteiger partial charge >= 0.3 is 0 Å². The van der Waals surface area contributed by atoms with E-state index in [1.165, 1.54) is 12.1 Å². The van der Waals surface area contributed by atoms with Gasteiger partial charge in [0.2, 0.25) is 0 Å². The summed E-state index contributed by atoms with van der Waals surface area (Å²) >= 11 is 0. The third-order valence-electron chi connectivity index (χ3n) is 5.83. The van der Waals surface area contributed by atoms with E-state index in [1.54, 1.807) is 32.3 Å². The molecular weight excluding hydrogens is 424 g/mol. The van der Waals surface area contributed by atoms with Gasteiger partial charge in [0, 0.05) is 30.9 Å². The molecule has 1 aliphatic rings. The topological polar surface area (TPSA) is 84.1 Å². The molecule has 0 saturated carbocycles.